The van der Waals surface area contributed by atoms with E-state index < -0.39 is 17.3 Å². The Morgan fingerprint density at radius 1 is 1.40 bits per heavy atom. The summed E-state index contributed by atoms with van der Waals surface area (Å²) in [5.74, 6) is -0.300. The molecular weight excluding hydrogens is 418 g/mol. The molecule has 8 nitrogen and oxygen atoms in total. The van der Waals surface area contributed by atoms with Gasteiger partial charge in [-0.25, -0.2) is 13.8 Å². The van der Waals surface area contributed by atoms with Crippen molar-refractivity contribution >= 4 is 44.5 Å². The minimum Gasteiger partial charge on any atom is -0.496 e. The molecule has 0 bridgehead atoms. The number of aromatic nitrogens is 1. The van der Waals surface area contributed by atoms with E-state index in [1.165, 1.54) is 31.4 Å². The SMILES string of the molecule is COc1ccc(NC(=O)c2sc3nc(C(F)F)cc(C4CC4)c3c2N)c([N+](=O)[O-])c1. The molecule has 0 radical (unpaired) electrons. The predicted molar refractivity (Wildman–Crippen MR) is 109 cm³/mol. The van der Waals surface area contributed by atoms with Gasteiger partial charge >= 0.3 is 0 Å². The summed E-state index contributed by atoms with van der Waals surface area (Å²) in [7, 11) is 1.37. The number of ether oxygens (including phenoxy) is 1. The number of benzene rings is 1. The number of alkyl halides is 2. The molecule has 0 spiro atoms. The lowest BCUT2D eigenvalue weighted by molar-refractivity contribution is -0.384. The molecule has 4 rings (SSSR count). The van der Waals surface area contributed by atoms with Crippen LogP contribution < -0.4 is 15.8 Å². The highest BCUT2D eigenvalue weighted by Gasteiger charge is 2.31. The van der Waals surface area contributed by atoms with Crippen LogP contribution in [-0.2, 0) is 0 Å². The maximum Gasteiger partial charge on any atom is 0.296 e. The number of nitrogens with one attached hydrogen (secondary N) is 1. The lowest BCUT2D eigenvalue weighted by Crippen LogP contribution is -2.13. The van der Waals surface area contributed by atoms with Crippen molar-refractivity contribution in [3.63, 3.8) is 0 Å². The third-order valence-electron chi connectivity index (χ3n) is 4.85. The number of amides is 1. The molecule has 1 aliphatic rings. The van der Waals surface area contributed by atoms with E-state index >= 15 is 0 Å². The van der Waals surface area contributed by atoms with Gasteiger partial charge in [0.25, 0.3) is 18.0 Å². The van der Waals surface area contributed by atoms with Crippen LogP contribution in [0.3, 0.4) is 0 Å². The van der Waals surface area contributed by atoms with Crippen LogP contribution in [0.5, 0.6) is 5.75 Å². The summed E-state index contributed by atoms with van der Waals surface area (Å²) in [6.45, 7) is 0. The van der Waals surface area contributed by atoms with Gasteiger partial charge in [-0.3, -0.25) is 14.9 Å². The van der Waals surface area contributed by atoms with Gasteiger partial charge in [0.05, 0.1) is 23.8 Å². The summed E-state index contributed by atoms with van der Waals surface area (Å²) in [5.41, 5.74) is 6.26. The number of nitrogens with two attached hydrogens (primary N) is 1. The number of methoxy groups -OCH3 is 1. The lowest BCUT2D eigenvalue weighted by atomic mass is 10.1. The van der Waals surface area contributed by atoms with Crippen molar-refractivity contribution in [2.75, 3.05) is 18.2 Å². The van der Waals surface area contributed by atoms with Gasteiger partial charge < -0.3 is 15.8 Å². The zero-order chi connectivity index (χ0) is 21.6. The summed E-state index contributed by atoms with van der Waals surface area (Å²) in [5, 5.41) is 14.3. The third-order valence-corrected chi connectivity index (χ3v) is 5.94. The second kappa shape index (κ2) is 7.48. The second-order valence-electron chi connectivity index (χ2n) is 6.83. The van der Waals surface area contributed by atoms with E-state index in [1.54, 1.807) is 0 Å². The van der Waals surface area contributed by atoms with Crippen molar-refractivity contribution in [2.24, 2.45) is 0 Å². The van der Waals surface area contributed by atoms with Gasteiger partial charge in [0.1, 0.15) is 26.8 Å². The maximum atomic E-state index is 13.3. The summed E-state index contributed by atoms with van der Waals surface area (Å²) in [6.07, 6.45) is -1.03. The van der Waals surface area contributed by atoms with Crippen molar-refractivity contribution < 1.29 is 23.2 Å². The van der Waals surface area contributed by atoms with Crippen LogP contribution in [0.1, 0.15) is 46.1 Å². The first-order valence-electron chi connectivity index (χ1n) is 8.95. The number of hydrogen-bond donors (Lipinski definition) is 2. The maximum absolute atomic E-state index is 13.3. The molecule has 156 valence electrons. The average Bonchev–Trinajstić information content (AvgIpc) is 3.51. The van der Waals surface area contributed by atoms with Crippen LogP contribution in [-0.4, -0.2) is 22.9 Å². The van der Waals surface area contributed by atoms with E-state index in [0.29, 0.717) is 10.9 Å². The van der Waals surface area contributed by atoms with Gasteiger partial charge in [0, 0.05) is 5.39 Å². The number of fused-ring (bicyclic) bond motifs is 1. The van der Waals surface area contributed by atoms with E-state index in [0.717, 1.165) is 24.2 Å². The highest BCUT2D eigenvalue weighted by Crippen LogP contribution is 2.47. The number of pyridine rings is 1. The van der Waals surface area contributed by atoms with Gasteiger partial charge in [-0.05, 0) is 42.5 Å². The van der Waals surface area contributed by atoms with Crippen molar-refractivity contribution in [3.05, 3.63) is 50.5 Å². The van der Waals surface area contributed by atoms with Crippen molar-refractivity contribution in [1.29, 1.82) is 0 Å². The quantitative estimate of drug-likeness (QED) is 0.422. The van der Waals surface area contributed by atoms with E-state index in [-0.39, 0.29) is 44.1 Å². The van der Waals surface area contributed by atoms with Gasteiger partial charge in [0.15, 0.2) is 0 Å². The molecule has 0 aliphatic heterocycles. The number of rotatable bonds is 6. The van der Waals surface area contributed by atoms with Crippen LogP contribution in [0.4, 0.5) is 25.8 Å². The topological polar surface area (TPSA) is 120 Å². The molecule has 1 fully saturated rings. The lowest BCUT2D eigenvalue weighted by Gasteiger charge is -2.08. The minimum absolute atomic E-state index is 0.0358. The first kappa shape index (κ1) is 20.0. The molecule has 1 saturated carbocycles. The summed E-state index contributed by atoms with van der Waals surface area (Å²) >= 11 is 0.888. The fourth-order valence-corrected chi connectivity index (χ4v) is 4.27. The molecule has 1 aliphatic carbocycles. The van der Waals surface area contributed by atoms with Gasteiger partial charge in [0.2, 0.25) is 0 Å². The average molecular weight is 434 g/mol. The van der Waals surface area contributed by atoms with Crippen LogP contribution >= 0.6 is 11.3 Å². The Labute approximate surface area is 172 Å². The number of thiophene rings is 1. The minimum atomic E-state index is -2.74. The highest BCUT2D eigenvalue weighted by atomic mass is 32.1. The number of nitrogens with zero attached hydrogens (tertiary/aromatic N) is 2. The number of carbonyl (C=O) groups is 1. The highest BCUT2D eigenvalue weighted by molar-refractivity contribution is 7.21. The summed E-state index contributed by atoms with van der Waals surface area (Å²) in [6, 6.07) is 5.36. The molecule has 11 heteroatoms. The first-order chi connectivity index (χ1) is 14.3. The number of nitro groups is 1. The zero-order valence-corrected chi connectivity index (χ0v) is 16.5. The van der Waals surface area contributed by atoms with Gasteiger partial charge in [-0.15, -0.1) is 11.3 Å². The standard InChI is InChI=1S/C19H16F2N4O4S/c1-29-9-4-5-11(13(6-9)25(27)28)23-18(26)16-15(22)14-10(8-2-3-8)7-12(17(20)21)24-19(14)30-16/h4-8,17H,2-3,22H2,1H3,(H,23,26). The van der Waals surface area contributed by atoms with Crippen LogP contribution in [0, 0.1) is 10.1 Å². The Kier molecular flexibility index (Phi) is 4.98. The normalized spacial score (nSPS) is 13.6. The molecule has 2 aromatic heterocycles. The molecule has 1 aromatic carbocycles. The number of halogens is 2. The Bertz CT molecular complexity index is 1180. The number of carbonyl (C=O) groups excluding carboxylic acids is 1. The Morgan fingerprint density at radius 2 is 2.13 bits per heavy atom. The summed E-state index contributed by atoms with van der Waals surface area (Å²) in [4.78, 5) is 27.8. The van der Waals surface area contributed by atoms with E-state index in [4.69, 9.17) is 10.5 Å². The Hall–Kier alpha value is -3.34. The molecule has 2 heterocycles. The van der Waals surface area contributed by atoms with Crippen molar-refractivity contribution in [1.82, 2.24) is 4.98 Å². The van der Waals surface area contributed by atoms with Crippen LogP contribution in [0.2, 0.25) is 0 Å². The van der Waals surface area contributed by atoms with Gasteiger partial charge in [-0.2, -0.15) is 0 Å². The van der Waals surface area contributed by atoms with Crippen molar-refractivity contribution in [3.8, 4) is 5.75 Å². The fourth-order valence-electron chi connectivity index (χ4n) is 3.24. The smallest absolute Gasteiger partial charge is 0.296 e. The van der Waals surface area contributed by atoms with Crippen molar-refractivity contribution in [2.45, 2.75) is 25.2 Å². The number of hydrogen-bond acceptors (Lipinski definition) is 7. The predicted octanol–water partition coefficient (Wildman–Crippen LogP) is 4.86. The van der Waals surface area contributed by atoms with Gasteiger partial charge in [-0.1, -0.05) is 0 Å². The summed E-state index contributed by atoms with van der Waals surface area (Å²) < 4.78 is 31.5. The molecule has 3 N–H and O–H groups in total. The fraction of sp³-hybridized carbons (Fsp3) is 0.263. The number of nitro benzene ring substituents is 1. The van der Waals surface area contributed by atoms with E-state index in [1.807, 2.05) is 0 Å². The second-order valence-corrected chi connectivity index (χ2v) is 7.83. The molecule has 0 saturated heterocycles. The third kappa shape index (κ3) is 3.52. The molecule has 30 heavy (non-hydrogen) atoms. The largest absolute Gasteiger partial charge is 0.496 e. The Balaban J connectivity index is 1.75. The molecular formula is C19H16F2N4O4S. The monoisotopic (exact) mass is 434 g/mol. The van der Waals surface area contributed by atoms with Crippen LogP contribution in [0.15, 0.2) is 24.3 Å². The van der Waals surface area contributed by atoms with E-state index in [2.05, 4.69) is 10.3 Å². The van der Waals surface area contributed by atoms with E-state index in [9.17, 15) is 23.7 Å². The first-order valence-corrected chi connectivity index (χ1v) is 9.76. The number of nitrogen functional groups attached to an aromatic ring is 1. The molecule has 0 unspecified atom stereocenters. The molecule has 0 atom stereocenters. The van der Waals surface area contributed by atoms with Crippen LogP contribution in [0.25, 0.3) is 10.2 Å². The number of anilines is 2. The Morgan fingerprint density at radius 3 is 2.73 bits per heavy atom. The zero-order valence-electron chi connectivity index (χ0n) is 15.6. The molecule has 3 aromatic rings. The molecule has 1 amide bonds.